The van der Waals surface area contributed by atoms with Crippen LogP contribution in [0, 0.1) is 23.0 Å². The number of quaternary nitrogens is 1. The van der Waals surface area contributed by atoms with Gasteiger partial charge in [-0.15, -0.1) is 5.01 Å². The van der Waals surface area contributed by atoms with E-state index in [0.717, 1.165) is 33.6 Å². The summed E-state index contributed by atoms with van der Waals surface area (Å²) in [6.07, 6.45) is 2.68. The number of ether oxygens (including phenoxy) is 2. The van der Waals surface area contributed by atoms with E-state index in [2.05, 4.69) is 20.3 Å². The number of aromatic amines is 2. The number of hydrogen-bond donors (Lipinski definition) is 4. The van der Waals surface area contributed by atoms with Gasteiger partial charge in [-0.25, -0.2) is 14.8 Å². The van der Waals surface area contributed by atoms with Crippen molar-refractivity contribution >= 4 is 18.1 Å². The molecule has 7 atom stereocenters. The Bertz CT molecular complexity index is 2260. The highest BCUT2D eigenvalue weighted by atomic mass is 16.7. The minimum Gasteiger partial charge on any atom is -0.601 e. The minimum atomic E-state index is -1.52. The molecule has 5 aromatic rings. The van der Waals surface area contributed by atoms with Crippen LogP contribution in [0.1, 0.15) is 75.9 Å². The number of methoxy groups -OCH3 is 2. The lowest BCUT2D eigenvalue weighted by Crippen LogP contribution is -2.60. The van der Waals surface area contributed by atoms with Crippen molar-refractivity contribution in [2.24, 2.45) is 17.8 Å². The number of imidazole rings is 2. The third kappa shape index (κ3) is 8.43. The highest BCUT2D eigenvalue weighted by Crippen LogP contribution is 2.43. The molecule has 15 nitrogen and oxygen atoms in total. The third-order valence-electron chi connectivity index (χ3n) is 12.0. The normalized spacial score (nSPS) is 21.4. The summed E-state index contributed by atoms with van der Waals surface area (Å²) >= 11 is 0. The second kappa shape index (κ2) is 17.8. The highest BCUT2D eigenvalue weighted by Gasteiger charge is 2.50. The first kappa shape index (κ1) is 42.3. The molecule has 316 valence electrons. The van der Waals surface area contributed by atoms with E-state index < -0.39 is 35.1 Å². The molecule has 3 amide bonds. The van der Waals surface area contributed by atoms with Crippen LogP contribution in [0.15, 0.2) is 91.3 Å². The van der Waals surface area contributed by atoms with E-state index in [0.29, 0.717) is 49.8 Å². The van der Waals surface area contributed by atoms with Crippen molar-refractivity contribution in [2.75, 3.05) is 33.9 Å². The molecule has 3 aromatic carbocycles. The number of hydrogen-bond acceptors (Lipinski definition) is 9. The fourth-order valence-electron chi connectivity index (χ4n) is 8.69. The van der Waals surface area contributed by atoms with Gasteiger partial charge < -0.3 is 40.0 Å². The van der Waals surface area contributed by atoms with Crippen molar-refractivity contribution in [3.05, 3.63) is 114 Å². The van der Waals surface area contributed by atoms with Gasteiger partial charge in [-0.2, -0.15) is 9.55 Å². The summed E-state index contributed by atoms with van der Waals surface area (Å²) in [4.78, 5) is 56.7. The number of nitrogens with one attached hydrogen (secondary N) is 3. The van der Waals surface area contributed by atoms with Crippen molar-refractivity contribution < 1.29 is 33.7 Å². The van der Waals surface area contributed by atoms with Gasteiger partial charge in [-0.1, -0.05) is 99.6 Å². The lowest BCUT2D eigenvalue weighted by molar-refractivity contribution is -0.958. The molecular weight excluding hydrogens is 765 g/mol. The Balaban J connectivity index is 1.05. The SMILES string of the molecule is COC[C@H]1C[C@@H](c2ncc(-c3ccc(-c4ccc(-c5cnc([C@@H]6C[C@H](C)CN6[N+]([O-])(C(=O)O)C(C)c6ccccc6)[nH]5)cc4)cc3)[nH]2)N(C(=O)C(NC(=O)OC)C(C)C)C1. The number of H-pyrrole nitrogens is 2. The van der Waals surface area contributed by atoms with E-state index in [9.17, 15) is 24.7 Å². The van der Waals surface area contributed by atoms with Gasteiger partial charge in [-0.05, 0) is 53.9 Å². The second-order valence-corrected chi connectivity index (χ2v) is 16.4. The molecule has 0 aliphatic carbocycles. The first-order chi connectivity index (χ1) is 28.8. The molecule has 2 saturated heterocycles. The number of benzene rings is 3. The molecule has 2 aromatic heterocycles. The molecule has 4 N–H and O–H groups in total. The summed E-state index contributed by atoms with van der Waals surface area (Å²) in [7, 11) is 2.93. The highest BCUT2D eigenvalue weighted by molar-refractivity contribution is 5.86. The number of likely N-dealkylation sites (tertiary alicyclic amines) is 1. The van der Waals surface area contributed by atoms with E-state index in [4.69, 9.17) is 14.5 Å². The Morgan fingerprint density at radius 3 is 1.90 bits per heavy atom. The zero-order valence-corrected chi connectivity index (χ0v) is 34.9. The number of aromatic nitrogens is 4. The van der Waals surface area contributed by atoms with E-state index in [1.165, 1.54) is 12.1 Å². The Kier molecular flexibility index (Phi) is 12.5. The lowest BCUT2D eigenvalue weighted by Gasteiger charge is -2.48. The van der Waals surface area contributed by atoms with Crippen molar-refractivity contribution in [1.82, 2.24) is 35.2 Å². The average molecular weight is 819 g/mol. The summed E-state index contributed by atoms with van der Waals surface area (Å²) in [5.74, 6) is 1.10. The maximum Gasteiger partial charge on any atom is 0.534 e. The number of alkyl carbamates (subject to hydrolysis) is 1. The number of carboxylic acid groups (broad SMARTS) is 1. The fraction of sp³-hybridized carbons (Fsp3) is 0.400. The molecule has 0 radical (unpaired) electrons. The van der Waals surface area contributed by atoms with Crippen LogP contribution in [0.5, 0.6) is 0 Å². The summed E-state index contributed by atoms with van der Waals surface area (Å²) in [5.41, 5.74) is 6.12. The van der Waals surface area contributed by atoms with Gasteiger partial charge in [0.1, 0.15) is 29.8 Å². The Morgan fingerprint density at radius 1 is 0.833 bits per heavy atom. The van der Waals surface area contributed by atoms with Crippen molar-refractivity contribution in [3.63, 3.8) is 0 Å². The number of amides is 3. The minimum absolute atomic E-state index is 0.0985. The molecule has 2 aliphatic heterocycles. The van der Waals surface area contributed by atoms with Crippen molar-refractivity contribution in [3.8, 4) is 33.6 Å². The molecular formula is C45H54N8O7. The smallest absolute Gasteiger partial charge is 0.534 e. The van der Waals surface area contributed by atoms with E-state index >= 15 is 0 Å². The molecule has 0 saturated carbocycles. The number of carbonyl (C=O) groups excluding carboxylic acids is 2. The van der Waals surface area contributed by atoms with Crippen LogP contribution in [0.4, 0.5) is 9.59 Å². The standard InChI is InChI=1S/C45H54N8O7/c1-27(2)40(50-44(55)60-6)43(54)51-25-30(26-59-5)21-38(51)41-46-22-36(48-41)34-16-12-32(13-17-34)33-14-18-35(19-15-33)37-23-47-42(49-37)39-20-28(3)24-52(39)53(58,45(56)57)29(4)31-10-8-7-9-11-31/h7-19,22-23,27-30,38-40H,20-21,24-26H2,1-6H3,(H,46,48)(H,47,49)(H,50,55)(H,56,57)/t28-,29?,30-,38-,39-,40?,53?/m0/s1. The summed E-state index contributed by atoms with van der Waals surface area (Å²) < 4.78 is 8.73. The van der Waals surface area contributed by atoms with Crippen LogP contribution in [0.25, 0.3) is 33.6 Å². The van der Waals surface area contributed by atoms with Crippen LogP contribution in [0.3, 0.4) is 0 Å². The van der Waals surface area contributed by atoms with Gasteiger partial charge in [0.25, 0.3) is 0 Å². The van der Waals surface area contributed by atoms with Crippen molar-refractivity contribution in [2.45, 2.75) is 64.7 Å². The van der Waals surface area contributed by atoms with Crippen LogP contribution in [0.2, 0.25) is 0 Å². The third-order valence-corrected chi connectivity index (χ3v) is 12.0. The maximum absolute atomic E-state index is 14.4. The molecule has 15 heteroatoms. The summed E-state index contributed by atoms with van der Waals surface area (Å²) in [5, 5.41) is 28.9. The first-order valence-corrected chi connectivity index (χ1v) is 20.4. The quantitative estimate of drug-likeness (QED) is 0.0668. The fourth-order valence-corrected chi connectivity index (χ4v) is 8.69. The number of rotatable bonds is 13. The van der Waals surface area contributed by atoms with Crippen LogP contribution >= 0.6 is 0 Å². The Labute approximate surface area is 349 Å². The van der Waals surface area contributed by atoms with Gasteiger partial charge in [0.05, 0.1) is 50.1 Å². The zero-order chi connectivity index (χ0) is 42.7. The van der Waals surface area contributed by atoms with Crippen LogP contribution in [-0.2, 0) is 14.3 Å². The molecule has 0 spiro atoms. The molecule has 3 unspecified atom stereocenters. The first-order valence-electron chi connectivity index (χ1n) is 20.4. The van der Waals surface area contributed by atoms with E-state index in [1.54, 1.807) is 43.5 Å². The van der Waals surface area contributed by atoms with Crippen molar-refractivity contribution in [1.29, 1.82) is 0 Å². The summed E-state index contributed by atoms with van der Waals surface area (Å²) in [6, 6.07) is 22.9. The molecule has 60 heavy (non-hydrogen) atoms. The largest absolute Gasteiger partial charge is 0.601 e. The van der Waals surface area contributed by atoms with Crippen LogP contribution in [-0.4, -0.2) is 97.8 Å². The molecule has 4 heterocycles. The predicted molar refractivity (Wildman–Crippen MR) is 225 cm³/mol. The topological polar surface area (TPSA) is 189 Å². The van der Waals surface area contributed by atoms with E-state index in [-0.39, 0.29) is 29.7 Å². The second-order valence-electron chi connectivity index (χ2n) is 16.4. The molecule has 2 fully saturated rings. The number of nitrogens with zero attached hydrogens (tertiary/aromatic N) is 5. The molecule has 0 bridgehead atoms. The van der Waals surface area contributed by atoms with Gasteiger partial charge >= 0.3 is 12.2 Å². The monoisotopic (exact) mass is 818 g/mol. The van der Waals surface area contributed by atoms with Gasteiger partial charge in [0.15, 0.2) is 0 Å². The Morgan fingerprint density at radius 2 is 1.38 bits per heavy atom. The zero-order valence-electron chi connectivity index (χ0n) is 34.9. The molecule has 2 aliphatic rings. The predicted octanol–water partition coefficient (Wildman–Crippen LogP) is 8.10. The molecule has 7 rings (SSSR count). The number of carbonyl (C=O) groups is 3. The van der Waals surface area contributed by atoms with Gasteiger partial charge in [-0.3, -0.25) is 4.79 Å². The van der Waals surface area contributed by atoms with Gasteiger partial charge in [0.2, 0.25) is 5.91 Å². The average Bonchev–Trinajstić information content (AvgIpc) is 4.09. The van der Waals surface area contributed by atoms with Gasteiger partial charge in [0, 0.05) is 25.1 Å². The van der Waals surface area contributed by atoms with Crippen LogP contribution < -0.4 is 5.32 Å². The lowest BCUT2D eigenvalue weighted by atomic mass is 10.0. The van der Waals surface area contributed by atoms with E-state index in [1.807, 2.05) is 87.5 Å². The number of hydroxylamine groups is 2. The summed E-state index contributed by atoms with van der Waals surface area (Å²) in [6.45, 7) is 8.78. The Hall–Kier alpha value is -5.87. The maximum atomic E-state index is 14.4.